The number of aliphatic hydroxyl groups is 1. The summed E-state index contributed by atoms with van der Waals surface area (Å²) in [7, 11) is 3.08. The van der Waals surface area contributed by atoms with E-state index in [1.165, 1.54) is 24.1 Å². The number of halogens is 1. The second kappa shape index (κ2) is 6.65. The maximum atomic E-state index is 13.8. The van der Waals surface area contributed by atoms with E-state index >= 15 is 0 Å². The average Bonchev–Trinajstić information content (AvgIpc) is 2.47. The lowest BCUT2D eigenvalue weighted by molar-refractivity contribution is 0.0381. The molecule has 2 aromatic carbocycles. The minimum Gasteiger partial charge on any atom is -0.389 e. The molecule has 0 radical (unpaired) electrons. The Kier molecular flexibility index (Phi) is 4.88. The number of methoxy groups -OCH3 is 1. The van der Waals surface area contributed by atoms with Crippen molar-refractivity contribution in [2.45, 2.75) is 6.10 Å². The summed E-state index contributed by atoms with van der Waals surface area (Å²) in [6.45, 7) is 0.306. The third kappa shape index (κ3) is 3.37. The van der Waals surface area contributed by atoms with Crippen molar-refractivity contribution in [3.05, 3.63) is 47.8 Å². The SMILES string of the molecule is COCC(O)CN(C)C(=O)c1ccc(F)c2ccccc12. The molecule has 1 unspecified atom stereocenters. The first-order valence-corrected chi connectivity index (χ1v) is 6.64. The van der Waals surface area contributed by atoms with E-state index in [1.807, 2.05) is 0 Å². The van der Waals surface area contributed by atoms with Gasteiger partial charge in [0.05, 0.1) is 12.7 Å². The van der Waals surface area contributed by atoms with Crippen LogP contribution >= 0.6 is 0 Å². The fraction of sp³-hybridized carbons (Fsp3) is 0.312. The number of fused-ring (bicyclic) bond motifs is 1. The number of hydrogen-bond acceptors (Lipinski definition) is 3. The Morgan fingerprint density at radius 3 is 2.62 bits per heavy atom. The lowest BCUT2D eigenvalue weighted by atomic mass is 10.0. The summed E-state index contributed by atoms with van der Waals surface area (Å²) in [6, 6.07) is 9.60. The van der Waals surface area contributed by atoms with Gasteiger partial charge in [0.1, 0.15) is 5.82 Å². The van der Waals surface area contributed by atoms with E-state index in [0.717, 1.165) is 0 Å². The van der Waals surface area contributed by atoms with Crippen molar-refractivity contribution in [2.75, 3.05) is 27.3 Å². The molecule has 112 valence electrons. The predicted octanol–water partition coefficient (Wildman–Crippen LogP) is 2.06. The van der Waals surface area contributed by atoms with Crippen LogP contribution in [0.25, 0.3) is 10.8 Å². The lowest BCUT2D eigenvalue weighted by Crippen LogP contribution is -2.36. The molecular weight excluding hydrogens is 273 g/mol. The second-order valence-electron chi connectivity index (χ2n) is 4.94. The lowest BCUT2D eigenvalue weighted by Gasteiger charge is -2.21. The van der Waals surface area contributed by atoms with Crippen LogP contribution in [0, 0.1) is 5.82 Å². The Bertz CT molecular complexity index is 644. The molecule has 2 rings (SSSR count). The Labute approximate surface area is 122 Å². The molecule has 0 fully saturated rings. The number of benzene rings is 2. The zero-order valence-corrected chi connectivity index (χ0v) is 12.0. The molecule has 2 aromatic rings. The van der Waals surface area contributed by atoms with Crippen LogP contribution < -0.4 is 0 Å². The first-order valence-electron chi connectivity index (χ1n) is 6.64. The molecule has 5 heteroatoms. The summed E-state index contributed by atoms with van der Waals surface area (Å²) < 4.78 is 18.6. The smallest absolute Gasteiger partial charge is 0.254 e. The molecule has 0 aliphatic rings. The van der Waals surface area contributed by atoms with Crippen LogP contribution in [-0.4, -0.2) is 49.3 Å². The highest BCUT2D eigenvalue weighted by molar-refractivity contribution is 6.07. The molecule has 0 aliphatic carbocycles. The number of ether oxygens (including phenoxy) is 1. The van der Waals surface area contributed by atoms with Gasteiger partial charge in [0.2, 0.25) is 0 Å². The van der Waals surface area contributed by atoms with Crippen LogP contribution in [0.1, 0.15) is 10.4 Å². The van der Waals surface area contributed by atoms with Gasteiger partial charge in [-0.2, -0.15) is 0 Å². The quantitative estimate of drug-likeness (QED) is 0.917. The van der Waals surface area contributed by atoms with Crippen molar-refractivity contribution in [3.8, 4) is 0 Å². The molecular formula is C16H18FNO3. The number of amides is 1. The van der Waals surface area contributed by atoms with Gasteiger partial charge in [0, 0.05) is 31.7 Å². The van der Waals surface area contributed by atoms with Gasteiger partial charge in [-0.05, 0) is 17.5 Å². The van der Waals surface area contributed by atoms with Gasteiger partial charge in [0.15, 0.2) is 0 Å². The molecule has 4 nitrogen and oxygen atoms in total. The highest BCUT2D eigenvalue weighted by atomic mass is 19.1. The summed E-state index contributed by atoms with van der Waals surface area (Å²) in [4.78, 5) is 13.9. The maximum absolute atomic E-state index is 13.8. The first kappa shape index (κ1) is 15.4. The van der Waals surface area contributed by atoms with Crippen LogP contribution in [0.15, 0.2) is 36.4 Å². The Balaban J connectivity index is 2.29. The molecule has 0 spiro atoms. The molecule has 0 saturated heterocycles. The highest BCUT2D eigenvalue weighted by Crippen LogP contribution is 2.22. The number of rotatable bonds is 5. The van der Waals surface area contributed by atoms with Gasteiger partial charge in [0.25, 0.3) is 5.91 Å². The predicted molar refractivity (Wildman–Crippen MR) is 78.7 cm³/mol. The van der Waals surface area contributed by atoms with Crippen molar-refractivity contribution in [1.29, 1.82) is 0 Å². The molecule has 0 aromatic heterocycles. The van der Waals surface area contributed by atoms with E-state index in [0.29, 0.717) is 16.3 Å². The third-order valence-corrected chi connectivity index (χ3v) is 3.29. The summed E-state index contributed by atoms with van der Waals surface area (Å²) in [5.41, 5.74) is 0.416. The van der Waals surface area contributed by atoms with Gasteiger partial charge in [-0.3, -0.25) is 4.79 Å². The Hall–Kier alpha value is -1.98. The van der Waals surface area contributed by atoms with Gasteiger partial charge in [-0.1, -0.05) is 24.3 Å². The van der Waals surface area contributed by atoms with E-state index in [1.54, 1.807) is 31.3 Å². The Morgan fingerprint density at radius 2 is 1.95 bits per heavy atom. The van der Waals surface area contributed by atoms with Gasteiger partial charge in [-0.15, -0.1) is 0 Å². The van der Waals surface area contributed by atoms with E-state index < -0.39 is 6.10 Å². The van der Waals surface area contributed by atoms with Gasteiger partial charge < -0.3 is 14.7 Å². The van der Waals surface area contributed by atoms with E-state index in [2.05, 4.69) is 0 Å². The molecule has 0 aliphatic heterocycles. The van der Waals surface area contributed by atoms with Crippen LogP contribution in [0.2, 0.25) is 0 Å². The number of aliphatic hydroxyl groups excluding tert-OH is 1. The molecule has 1 N–H and O–H groups in total. The molecule has 1 atom stereocenters. The van der Waals surface area contributed by atoms with E-state index in [-0.39, 0.29) is 24.9 Å². The Morgan fingerprint density at radius 1 is 1.29 bits per heavy atom. The molecule has 0 saturated carbocycles. The highest BCUT2D eigenvalue weighted by Gasteiger charge is 2.18. The van der Waals surface area contributed by atoms with Crippen molar-refractivity contribution in [3.63, 3.8) is 0 Å². The van der Waals surface area contributed by atoms with Crippen molar-refractivity contribution in [1.82, 2.24) is 4.90 Å². The van der Waals surface area contributed by atoms with Crippen LogP contribution in [0.4, 0.5) is 4.39 Å². The van der Waals surface area contributed by atoms with Crippen molar-refractivity contribution < 1.29 is 19.0 Å². The van der Waals surface area contributed by atoms with Gasteiger partial charge >= 0.3 is 0 Å². The normalized spacial score (nSPS) is 12.4. The topological polar surface area (TPSA) is 49.8 Å². The number of nitrogens with zero attached hydrogens (tertiary/aromatic N) is 1. The van der Waals surface area contributed by atoms with Crippen LogP contribution in [0.3, 0.4) is 0 Å². The molecule has 0 heterocycles. The maximum Gasteiger partial charge on any atom is 0.254 e. The second-order valence-corrected chi connectivity index (χ2v) is 4.94. The zero-order chi connectivity index (χ0) is 15.4. The third-order valence-electron chi connectivity index (χ3n) is 3.29. The fourth-order valence-corrected chi connectivity index (χ4v) is 2.30. The summed E-state index contributed by atoms with van der Waals surface area (Å²) in [5.74, 6) is -0.620. The van der Waals surface area contributed by atoms with E-state index in [9.17, 15) is 14.3 Å². The standard InChI is InChI=1S/C16H18FNO3/c1-18(9-11(19)10-21-2)16(20)14-7-8-15(17)13-6-4-3-5-12(13)14/h3-8,11,19H,9-10H2,1-2H3. The minimum atomic E-state index is -0.754. The fourth-order valence-electron chi connectivity index (χ4n) is 2.30. The monoisotopic (exact) mass is 291 g/mol. The summed E-state index contributed by atoms with van der Waals surface area (Å²) in [6.07, 6.45) is -0.754. The molecule has 21 heavy (non-hydrogen) atoms. The number of likely N-dealkylation sites (N-methyl/N-ethyl adjacent to an activating group) is 1. The van der Waals surface area contributed by atoms with Crippen molar-refractivity contribution >= 4 is 16.7 Å². The number of carbonyl (C=O) groups is 1. The van der Waals surface area contributed by atoms with Crippen LogP contribution in [0.5, 0.6) is 0 Å². The largest absolute Gasteiger partial charge is 0.389 e. The number of carbonyl (C=O) groups excluding carboxylic acids is 1. The van der Waals surface area contributed by atoms with Crippen LogP contribution in [-0.2, 0) is 4.74 Å². The van der Waals surface area contributed by atoms with Crippen molar-refractivity contribution in [2.24, 2.45) is 0 Å². The summed E-state index contributed by atoms with van der Waals surface area (Å²) in [5, 5.41) is 10.7. The number of hydrogen-bond donors (Lipinski definition) is 1. The average molecular weight is 291 g/mol. The molecule has 1 amide bonds. The summed E-state index contributed by atoms with van der Waals surface area (Å²) >= 11 is 0. The minimum absolute atomic E-state index is 0.151. The molecule has 0 bridgehead atoms. The van der Waals surface area contributed by atoms with E-state index in [4.69, 9.17) is 4.74 Å². The zero-order valence-electron chi connectivity index (χ0n) is 12.0. The first-order chi connectivity index (χ1) is 10.0. The van der Waals surface area contributed by atoms with Gasteiger partial charge in [-0.25, -0.2) is 4.39 Å².